The lowest BCUT2D eigenvalue weighted by Gasteiger charge is -2.48. The number of likely N-dealkylation sites (tertiary alicyclic amines) is 2. The lowest BCUT2D eigenvalue weighted by molar-refractivity contribution is -0.141. The highest BCUT2D eigenvalue weighted by Gasteiger charge is 2.52. The number of hydrogen-bond acceptors (Lipinski definition) is 6. The third-order valence-electron chi connectivity index (χ3n) is 6.21. The molecule has 154 valence electrons. The number of aromatic nitrogens is 3. The fourth-order valence-corrected chi connectivity index (χ4v) is 4.80. The molecule has 30 heavy (non-hydrogen) atoms. The van der Waals surface area contributed by atoms with Crippen LogP contribution in [0.1, 0.15) is 29.4 Å². The quantitative estimate of drug-likeness (QED) is 0.667. The van der Waals surface area contributed by atoms with E-state index in [9.17, 15) is 4.79 Å². The van der Waals surface area contributed by atoms with E-state index in [1.54, 1.807) is 6.20 Å². The van der Waals surface area contributed by atoms with E-state index < -0.39 is 0 Å². The molecule has 7 heteroatoms. The van der Waals surface area contributed by atoms with Crippen LogP contribution in [0, 0.1) is 12.3 Å². The van der Waals surface area contributed by atoms with Crippen molar-refractivity contribution in [3.05, 3.63) is 65.6 Å². The number of pyridine rings is 1. The number of amides is 1. The van der Waals surface area contributed by atoms with Crippen LogP contribution in [0.3, 0.4) is 0 Å². The van der Waals surface area contributed by atoms with E-state index >= 15 is 0 Å². The maximum atomic E-state index is 12.7. The molecule has 0 aliphatic carbocycles. The van der Waals surface area contributed by atoms with Crippen molar-refractivity contribution in [1.29, 1.82) is 0 Å². The molecule has 1 aromatic carbocycles. The molecule has 2 fully saturated rings. The maximum Gasteiger partial charge on any atom is 0.276 e. The topological polar surface area (TPSA) is 75.4 Å². The Bertz CT molecular complexity index is 1060. The third-order valence-corrected chi connectivity index (χ3v) is 6.21. The highest BCUT2D eigenvalue weighted by molar-refractivity contribution is 5.79. The van der Waals surface area contributed by atoms with Gasteiger partial charge in [0.25, 0.3) is 5.89 Å². The summed E-state index contributed by atoms with van der Waals surface area (Å²) in [5, 5.41) is 4.22. The lowest BCUT2D eigenvalue weighted by Crippen LogP contribution is -2.59. The second-order valence-corrected chi connectivity index (χ2v) is 8.72. The van der Waals surface area contributed by atoms with E-state index in [0.717, 1.165) is 31.6 Å². The summed E-state index contributed by atoms with van der Waals surface area (Å²) < 4.78 is 5.45. The van der Waals surface area contributed by atoms with Gasteiger partial charge >= 0.3 is 0 Å². The molecular weight excluding hydrogens is 378 g/mol. The van der Waals surface area contributed by atoms with E-state index in [1.807, 2.05) is 35.2 Å². The van der Waals surface area contributed by atoms with Gasteiger partial charge in [-0.3, -0.25) is 14.7 Å². The average molecular weight is 403 g/mol. The molecule has 1 spiro atoms. The lowest BCUT2D eigenvalue weighted by atomic mass is 9.77. The van der Waals surface area contributed by atoms with Gasteiger partial charge in [-0.15, -0.1) is 0 Å². The van der Waals surface area contributed by atoms with Crippen molar-refractivity contribution in [3.8, 4) is 11.6 Å². The van der Waals surface area contributed by atoms with Crippen LogP contribution in [0.5, 0.6) is 0 Å². The molecule has 1 atom stereocenters. The van der Waals surface area contributed by atoms with Gasteiger partial charge in [0.2, 0.25) is 5.91 Å². The largest absolute Gasteiger partial charge is 0.341 e. The number of aryl methyl sites for hydroxylation is 1. The molecule has 2 saturated heterocycles. The number of carbonyl (C=O) groups excluding carboxylic acids is 1. The summed E-state index contributed by atoms with van der Waals surface area (Å²) in [5.41, 5.74) is 3.07. The highest BCUT2D eigenvalue weighted by Crippen LogP contribution is 2.47. The van der Waals surface area contributed by atoms with Crippen LogP contribution in [-0.4, -0.2) is 57.5 Å². The first-order chi connectivity index (χ1) is 14.5. The van der Waals surface area contributed by atoms with Crippen LogP contribution in [0.4, 0.5) is 0 Å². The number of carbonyl (C=O) groups is 1. The van der Waals surface area contributed by atoms with E-state index in [-0.39, 0.29) is 17.4 Å². The van der Waals surface area contributed by atoms with Crippen LogP contribution >= 0.6 is 0 Å². The van der Waals surface area contributed by atoms with Crippen molar-refractivity contribution >= 4 is 5.91 Å². The Balaban J connectivity index is 1.23. The number of benzene rings is 1. The molecule has 7 nitrogen and oxygen atoms in total. The van der Waals surface area contributed by atoms with Gasteiger partial charge in [0, 0.05) is 31.2 Å². The molecule has 1 amide bonds. The summed E-state index contributed by atoms with van der Waals surface area (Å²) in [6, 6.07) is 13.9. The van der Waals surface area contributed by atoms with Crippen LogP contribution in [0.2, 0.25) is 0 Å². The Labute approximate surface area is 175 Å². The van der Waals surface area contributed by atoms with Crippen molar-refractivity contribution in [1.82, 2.24) is 24.9 Å². The number of nitrogens with zero attached hydrogens (tertiary/aromatic N) is 5. The molecule has 3 aromatic rings. The minimum Gasteiger partial charge on any atom is -0.341 e. The molecule has 4 heterocycles. The van der Waals surface area contributed by atoms with E-state index in [0.29, 0.717) is 23.8 Å². The van der Waals surface area contributed by atoms with E-state index in [2.05, 4.69) is 46.1 Å². The predicted molar refractivity (Wildman–Crippen MR) is 111 cm³/mol. The Morgan fingerprint density at radius 2 is 2.07 bits per heavy atom. The first kappa shape index (κ1) is 18.9. The maximum absolute atomic E-state index is 12.7. The Morgan fingerprint density at radius 1 is 1.20 bits per heavy atom. The Hall–Kier alpha value is -3.06. The minimum absolute atomic E-state index is 0.0974. The van der Waals surface area contributed by atoms with Crippen molar-refractivity contribution in [2.24, 2.45) is 5.41 Å². The molecule has 0 radical (unpaired) electrons. The third kappa shape index (κ3) is 3.50. The van der Waals surface area contributed by atoms with Gasteiger partial charge < -0.3 is 9.42 Å². The summed E-state index contributed by atoms with van der Waals surface area (Å²) in [4.78, 5) is 25.8. The second kappa shape index (κ2) is 7.32. The van der Waals surface area contributed by atoms with Gasteiger partial charge in [-0.2, -0.15) is 4.98 Å². The van der Waals surface area contributed by atoms with Crippen molar-refractivity contribution in [2.75, 3.05) is 26.7 Å². The van der Waals surface area contributed by atoms with Crippen LogP contribution in [-0.2, 0) is 11.2 Å². The smallest absolute Gasteiger partial charge is 0.276 e. The monoisotopic (exact) mass is 403 g/mol. The SMILES string of the molecule is Cc1cccc(CC(=O)N2CC3(CC(c4noc(-c5ccccn5)n4)N(C)C3)C2)c1. The fourth-order valence-electron chi connectivity index (χ4n) is 4.80. The molecule has 2 aliphatic rings. The predicted octanol–water partition coefficient (Wildman–Crippen LogP) is 2.89. The summed E-state index contributed by atoms with van der Waals surface area (Å²) >= 11 is 0. The number of hydrogen-bond donors (Lipinski definition) is 0. The molecular formula is C23H25N5O2. The highest BCUT2D eigenvalue weighted by atomic mass is 16.5. The molecule has 0 saturated carbocycles. The molecule has 0 bridgehead atoms. The normalized spacial score (nSPS) is 20.5. The summed E-state index contributed by atoms with van der Waals surface area (Å²) in [7, 11) is 2.09. The van der Waals surface area contributed by atoms with Crippen molar-refractivity contribution < 1.29 is 9.32 Å². The van der Waals surface area contributed by atoms with Crippen molar-refractivity contribution in [2.45, 2.75) is 25.8 Å². The average Bonchev–Trinajstić information content (AvgIpc) is 3.32. The Morgan fingerprint density at radius 3 is 2.83 bits per heavy atom. The second-order valence-electron chi connectivity index (χ2n) is 8.72. The fraction of sp³-hybridized carbons (Fsp3) is 0.391. The minimum atomic E-state index is 0.0974. The Kier molecular flexibility index (Phi) is 4.62. The van der Waals surface area contributed by atoms with Crippen LogP contribution in [0.15, 0.2) is 53.2 Å². The summed E-state index contributed by atoms with van der Waals surface area (Å²) in [5.74, 6) is 1.34. The first-order valence-electron chi connectivity index (χ1n) is 10.3. The zero-order valence-corrected chi connectivity index (χ0v) is 17.3. The van der Waals surface area contributed by atoms with Gasteiger partial charge in [0.1, 0.15) is 5.69 Å². The van der Waals surface area contributed by atoms with Gasteiger partial charge in [-0.25, -0.2) is 0 Å². The van der Waals surface area contributed by atoms with Crippen LogP contribution in [0.25, 0.3) is 11.6 Å². The molecule has 2 aliphatic heterocycles. The number of rotatable bonds is 4. The van der Waals surface area contributed by atoms with Crippen molar-refractivity contribution in [3.63, 3.8) is 0 Å². The summed E-state index contributed by atoms with van der Waals surface area (Å²) in [6.45, 7) is 4.57. The summed E-state index contributed by atoms with van der Waals surface area (Å²) in [6.07, 6.45) is 3.11. The van der Waals surface area contributed by atoms with E-state index in [4.69, 9.17) is 4.52 Å². The van der Waals surface area contributed by atoms with E-state index in [1.165, 1.54) is 5.56 Å². The van der Waals surface area contributed by atoms with Gasteiger partial charge in [-0.05, 0) is 38.1 Å². The molecule has 2 aromatic heterocycles. The zero-order valence-electron chi connectivity index (χ0n) is 17.3. The molecule has 5 rings (SSSR count). The van der Waals surface area contributed by atoms with Gasteiger partial charge in [0.05, 0.1) is 12.5 Å². The van der Waals surface area contributed by atoms with Gasteiger partial charge in [-0.1, -0.05) is 41.1 Å². The van der Waals surface area contributed by atoms with Crippen LogP contribution < -0.4 is 0 Å². The first-order valence-corrected chi connectivity index (χ1v) is 10.3. The van der Waals surface area contributed by atoms with Gasteiger partial charge in [0.15, 0.2) is 5.82 Å². The molecule has 0 N–H and O–H groups in total. The standard InChI is InChI=1S/C23H25N5O2/c1-16-6-5-7-17(10-16)11-20(29)28-14-23(15-28)12-19(27(2)13-23)21-25-22(30-26-21)18-8-3-4-9-24-18/h3-10,19H,11-15H2,1-2H3. The molecule has 1 unspecified atom stereocenters. The zero-order chi connectivity index (χ0) is 20.7.